The van der Waals surface area contributed by atoms with E-state index in [1.165, 1.54) is 58.6 Å². The Morgan fingerprint density at radius 2 is 1.22 bits per heavy atom. The molecule has 12 aromatic heterocycles. The van der Waals surface area contributed by atoms with Gasteiger partial charge in [-0.2, -0.15) is 58.7 Å². The maximum absolute atomic E-state index is 11.7. The van der Waals surface area contributed by atoms with Gasteiger partial charge >= 0.3 is 23.9 Å². The molecule has 0 aliphatic heterocycles. The lowest BCUT2D eigenvalue weighted by molar-refractivity contribution is -0.138. The lowest BCUT2D eigenvalue weighted by Crippen LogP contribution is -2.10. The van der Waals surface area contributed by atoms with Gasteiger partial charge in [-0.1, -0.05) is 78.3 Å². The molecule has 0 unspecified atom stereocenters. The van der Waals surface area contributed by atoms with Crippen LogP contribution in [0.4, 0.5) is 56.2 Å². The van der Waals surface area contributed by atoms with Gasteiger partial charge in [0, 0.05) is 11.4 Å². The summed E-state index contributed by atoms with van der Waals surface area (Å²) < 4.78 is 144. The number of hydrogen-bond acceptors (Lipinski definition) is 36. The summed E-state index contributed by atoms with van der Waals surface area (Å²) in [5.41, 5.74) is 7.58. The number of azo groups is 4. The van der Waals surface area contributed by atoms with E-state index in [1.54, 1.807) is 52.4 Å². The summed E-state index contributed by atoms with van der Waals surface area (Å²) in [6, 6.07) is 28.1. The Kier molecular flexibility index (Phi) is 24.9. The van der Waals surface area contributed by atoms with Crippen LogP contribution < -0.4 is 10.1 Å². The number of nitrogens with zero attached hydrogens (tertiary/aromatic N) is 24. The van der Waals surface area contributed by atoms with Crippen LogP contribution >= 0.6 is 57.8 Å². The molecule has 0 spiro atoms. The molecule has 0 saturated heterocycles. The van der Waals surface area contributed by atoms with E-state index in [0.717, 1.165) is 62.6 Å². The van der Waals surface area contributed by atoms with Crippen LogP contribution in [0.5, 0.6) is 5.88 Å². The number of carboxylic acids is 4. The summed E-state index contributed by atoms with van der Waals surface area (Å²) in [4.78, 5) is 67.9. The number of halogens is 2. The van der Waals surface area contributed by atoms with Crippen molar-refractivity contribution in [3.8, 4) is 18.0 Å². The number of carbonyl (C=O) groups is 4. The number of imidazole rings is 5. The molecule has 51 nitrogen and oxygen atoms in total. The van der Waals surface area contributed by atoms with E-state index in [9.17, 15) is 81.8 Å². The highest BCUT2D eigenvalue weighted by molar-refractivity contribution is 8.01. The molecular weight excluding hydrogens is 1870 g/mol. The topological polar surface area (TPSA) is 752 Å². The zero-order valence-electron chi connectivity index (χ0n) is 64.5. The Labute approximate surface area is 734 Å². The third kappa shape index (κ3) is 19.0. The Balaban J connectivity index is 0.000000138. The quantitative estimate of drug-likeness (QED) is 0.0144. The first-order chi connectivity index (χ1) is 60.6. The normalized spacial score (nSPS) is 12.3. The predicted molar refractivity (Wildman–Crippen MR) is 452 cm³/mol. The first kappa shape index (κ1) is 89.5. The lowest BCUT2D eigenvalue weighted by atomic mass is 10.1. The summed E-state index contributed by atoms with van der Waals surface area (Å²) in [5.74, 6) is -5.01. The second-order valence-electron chi connectivity index (χ2n) is 26.4. The number of aliphatic carboxylic acids is 2. The van der Waals surface area contributed by atoms with Gasteiger partial charge in [-0.3, -0.25) is 48.2 Å². The molecule has 0 atom stereocenters. The fourth-order valence-corrected chi connectivity index (χ4v) is 17.1. The van der Waals surface area contributed by atoms with Crippen LogP contribution in [0.15, 0.2) is 163 Å². The fraction of sp³-hybridized carbons (Fsp3) is 0.132. The molecule has 0 aliphatic carbocycles. The molecule has 0 aliphatic rings. The van der Waals surface area contributed by atoms with Crippen LogP contribution in [0.3, 0.4) is 0 Å². The van der Waals surface area contributed by atoms with Gasteiger partial charge in [-0.25, -0.2) is 52.3 Å². The molecule has 12 heterocycles. The number of para-hydroxylation sites is 2. The summed E-state index contributed by atoms with van der Waals surface area (Å²) in [5, 5.41) is 115. The molecule has 60 heteroatoms. The minimum atomic E-state index is -4.73. The Bertz CT molecular complexity index is 8100. The predicted octanol–water partition coefficient (Wildman–Crippen LogP) is 13.2. The minimum Gasteiger partial charge on any atom is -0.481 e. The first-order valence-electron chi connectivity index (χ1n) is 35.4. The number of aryl methyl sites for hydroxylation is 1. The number of hydrogen-bond donors (Lipinski definition) is 14. The molecule has 0 bridgehead atoms. The molecule has 17 aromatic rings. The van der Waals surface area contributed by atoms with E-state index in [2.05, 4.69) is 116 Å². The number of ether oxygens (including phenoxy) is 1. The molecule has 0 radical (unpaired) electrons. The monoisotopic (exact) mass is 1920 g/mol. The Morgan fingerprint density at radius 3 is 1.84 bits per heavy atom. The summed E-state index contributed by atoms with van der Waals surface area (Å²) >= 11 is 15.3. The number of aromatic nitrogens is 19. The van der Waals surface area contributed by atoms with Crippen molar-refractivity contribution in [3.05, 3.63) is 153 Å². The Hall–Kier alpha value is -14.8. The van der Waals surface area contributed by atoms with Gasteiger partial charge in [0.15, 0.2) is 82.6 Å². The third-order valence-corrected chi connectivity index (χ3v) is 24.6. The van der Waals surface area contributed by atoms with Crippen LogP contribution in [0, 0.1) is 29.6 Å². The van der Waals surface area contributed by atoms with Crippen molar-refractivity contribution >= 4 is 245 Å². The largest absolute Gasteiger partial charge is 0.481 e. The van der Waals surface area contributed by atoms with E-state index >= 15 is 0 Å². The molecule has 14 N–H and O–H groups in total. The number of aromatic amines is 5. The van der Waals surface area contributed by atoms with Crippen LogP contribution in [-0.4, -0.2) is 208 Å². The maximum Gasteiger partial charge on any atom is 0.340 e. The van der Waals surface area contributed by atoms with E-state index in [4.69, 9.17) is 48.1 Å². The van der Waals surface area contributed by atoms with Crippen molar-refractivity contribution in [2.45, 2.75) is 58.7 Å². The average Bonchev–Trinajstić information content (AvgIpc) is 1.58. The number of thioether (sulfide) groups is 1. The van der Waals surface area contributed by atoms with Crippen molar-refractivity contribution in [3.63, 3.8) is 0 Å². The van der Waals surface area contributed by atoms with E-state index in [0.29, 0.717) is 81.8 Å². The van der Waals surface area contributed by atoms with Gasteiger partial charge in [0.05, 0.1) is 112 Å². The SMILES string of the molecule is CC(C)c1[nH]n2c(nc3cc(Cl)c(Cl)cc32)c1N=Nc1c(S(=O)(=O)O)cnn1CC(=O)O.COc1[nH]n2c(nc3ccc(S(=O)(=O)O)cc32)c1N=Nc1snc(C)c1C(=O)O.N#Cc1nc(N=Nc2c(CC(=O)O)[nH]n3c2nc2ccc(S(=O)(=O)O)cc23)[nH]c1C#N.O=C(O)c1cccc(Nc2[nH]n3c(nc4ccccc43)c2N=Nc2nnc(SCCS(=O)(=O)O)s2)c1. The highest BCUT2D eigenvalue weighted by atomic mass is 35.5. The van der Waals surface area contributed by atoms with E-state index in [-0.39, 0.29) is 106 Å². The molecule has 0 fully saturated rings. The van der Waals surface area contributed by atoms with Crippen molar-refractivity contribution < 1.29 is 96.2 Å². The van der Waals surface area contributed by atoms with Crippen molar-refractivity contribution in [1.82, 2.24) is 92.7 Å². The van der Waals surface area contributed by atoms with Crippen LogP contribution in [-0.2, 0) is 63.0 Å². The van der Waals surface area contributed by atoms with E-state index in [1.807, 2.05) is 38.1 Å². The number of nitrogens with one attached hydrogen (secondary N) is 6. The third-order valence-electron chi connectivity index (χ3n) is 17.6. The second-order valence-corrected chi connectivity index (χ2v) is 36.0. The van der Waals surface area contributed by atoms with Gasteiger partial charge in [-0.05, 0) is 103 Å². The number of methoxy groups -OCH3 is 1. The molecule has 17 rings (SSSR count). The molecule has 656 valence electrons. The maximum atomic E-state index is 11.7. The zero-order valence-corrected chi connectivity index (χ0v) is 71.7. The molecule has 0 saturated carbocycles. The van der Waals surface area contributed by atoms with Crippen molar-refractivity contribution in [2.24, 2.45) is 40.9 Å². The average molecular weight is 1920 g/mol. The number of aromatic carboxylic acids is 2. The van der Waals surface area contributed by atoms with Crippen LogP contribution in [0.2, 0.25) is 10.0 Å². The number of rotatable bonds is 25. The summed E-state index contributed by atoms with van der Waals surface area (Å²) in [7, 11) is -16.3. The smallest absolute Gasteiger partial charge is 0.340 e. The number of carboxylic acid groups (broad SMARTS) is 4. The Morgan fingerprint density at radius 1 is 0.617 bits per heavy atom. The number of H-pyrrole nitrogens is 5. The molecule has 128 heavy (non-hydrogen) atoms. The van der Waals surface area contributed by atoms with Crippen molar-refractivity contribution in [2.75, 3.05) is 23.9 Å². The van der Waals surface area contributed by atoms with Crippen LogP contribution in [0.1, 0.15) is 69.0 Å². The number of nitriles is 2. The summed E-state index contributed by atoms with van der Waals surface area (Å²) in [6.45, 7) is 4.67. The molecule has 0 amide bonds. The highest BCUT2D eigenvalue weighted by Crippen LogP contribution is 2.42. The zero-order chi connectivity index (χ0) is 91.9. The van der Waals surface area contributed by atoms with E-state index < -0.39 is 93.8 Å². The van der Waals surface area contributed by atoms with Crippen molar-refractivity contribution in [1.29, 1.82) is 10.5 Å². The first-order valence-corrected chi connectivity index (χ1v) is 44.6. The summed E-state index contributed by atoms with van der Waals surface area (Å²) in [6.07, 6.45) is 0.318. The van der Waals surface area contributed by atoms with Gasteiger partial charge in [0.1, 0.15) is 24.2 Å². The number of anilines is 2. The molecule has 5 aromatic carbocycles. The van der Waals surface area contributed by atoms with Gasteiger partial charge in [-0.15, -0.1) is 51.1 Å². The lowest BCUT2D eigenvalue weighted by Gasteiger charge is -2.05. The minimum absolute atomic E-state index is 0.0282. The highest BCUT2D eigenvalue weighted by Gasteiger charge is 2.29. The van der Waals surface area contributed by atoms with Crippen LogP contribution in [0.25, 0.3) is 66.7 Å². The number of benzene rings is 5. The fourth-order valence-electron chi connectivity index (χ4n) is 12.0. The number of fused-ring (bicyclic) bond motifs is 12. The molecular formula is C68H52Cl2N30O21S7. The second kappa shape index (κ2) is 35.7. The standard InChI is InChI=1S/C20H16N8O5S3.C17H15Cl2N7O5S.C16H9N9O5S.C15H12N6O6S2/c29-18(30)11-4-3-5-12(10-11)21-16-15(17-22-13-6-1-2-7-14(13)28(17)27-16)23-24-19-25-26-20(35-19)34-8-9-36(31,32)33;1-7(2)14-15(17-21-10-3-8(18)9(19)4-11(10)26(17)24-14)22-23-16-12(32(29,30)31)5-20-25(16)6-13(27)28;17-5-10-11(6-18)21-16(20-10)23-22-14-9(4-13(26)27)24-25-12-3-7(31(28,29)30)1-2-8(12)19-15(14)25;1-6-10(15(22)23)14(28-20-6)18-17-11-12-16-8-4-3-7(29(24,25)26)5-9(8)21(12)19-13(11)27-2/h1-7,10,21,27H,8-9H2,(H,29,30)(H,31,32,33);3-5,7,24H,6H2,1-2H3,(H,27,28)(H,29,30,31);1-3,24H,4H2,(H,20,21)(H,26,27)(H,28,29,30);3-5,19H,1-2H3,(H,22,23)(H,24,25,26). The van der Waals surface area contributed by atoms with Gasteiger partial charge in [0.25, 0.3) is 45.6 Å². The van der Waals surface area contributed by atoms with Gasteiger partial charge < -0.3 is 35.5 Å². The van der Waals surface area contributed by atoms with Gasteiger partial charge in [0.2, 0.25) is 11.8 Å².